The highest BCUT2D eigenvalue weighted by Crippen LogP contribution is 2.23. The monoisotopic (exact) mass is 373 g/mol. The summed E-state index contributed by atoms with van der Waals surface area (Å²) in [5, 5.41) is 0. The van der Waals surface area contributed by atoms with Gasteiger partial charge in [0.15, 0.2) is 0 Å². The normalized spacial score (nSPS) is 11.9. The van der Waals surface area contributed by atoms with Crippen molar-refractivity contribution in [3.63, 3.8) is 0 Å². The molecule has 27 heavy (non-hydrogen) atoms. The molecule has 0 fully saturated rings. The van der Waals surface area contributed by atoms with Crippen LogP contribution in [-0.4, -0.2) is 11.0 Å². The Morgan fingerprint density at radius 2 is 1.52 bits per heavy atom. The molecule has 0 aliphatic rings. The van der Waals surface area contributed by atoms with Crippen molar-refractivity contribution in [2.24, 2.45) is 0 Å². The molecular formula is C24H39NO2. The van der Waals surface area contributed by atoms with E-state index in [2.05, 4.69) is 18.5 Å². The quantitative estimate of drug-likeness (QED) is 0.163. The zero-order valence-corrected chi connectivity index (χ0v) is 17.3. The van der Waals surface area contributed by atoms with Gasteiger partial charge in [-0.2, -0.15) is 0 Å². The first-order valence-electron chi connectivity index (χ1n) is 11.0. The number of hydrogen-bond donors (Lipinski definition) is 0. The van der Waals surface area contributed by atoms with Crippen LogP contribution in [0.15, 0.2) is 37.1 Å². The molecule has 0 N–H and O–H groups in total. The van der Waals surface area contributed by atoms with Crippen molar-refractivity contribution in [3.8, 4) is 0 Å². The number of pyridine rings is 1. The van der Waals surface area contributed by atoms with Crippen LogP contribution in [0.4, 0.5) is 0 Å². The van der Waals surface area contributed by atoms with Gasteiger partial charge in [0.1, 0.15) is 6.10 Å². The van der Waals surface area contributed by atoms with Crippen LogP contribution in [-0.2, 0) is 9.53 Å². The first-order valence-corrected chi connectivity index (χ1v) is 11.0. The number of hydrogen-bond acceptors (Lipinski definition) is 3. The average molecular weight is 374 g/mol. The van der Waals surface area contributed by atoms with Crippen LogP contribution in [0.5, 0.6) is 0 Å². The molecule has 1 unspecified atom stereocenters. The van der Waals surface area contributed by atoms with Gasteiger partial charge in [-0.05, 0) is 25.0 Å². The zero-order valence-electron chi connectivity index (χ0n) is 17.3. The predicted octanol–water partition coefficient (Wildman–Crippen LogP) is 7.33. The van der Waals surface area contributed by atoms with E-state index < -0.39 is 0 Å². The van der Waals surface area contributed by atoms with Gasteiger partial charge in [0.25, 0.3) is 0 Å². The topological polar surface area (TPSA) is 39.2 Å². The molecule has 0 spiro atoms. The first-order chi connectivity index (χ1) is 13.3. The van der Waals surface area contributed by atoms with Crippen LogP contribution in [0.25, 0.3) is 0 Å². The predicted molar refractivity (Wildman–Crippen MR) is 114 cm³/mol. The van der Waals surface area contributed by atoms with E-state index in [9.17, 15) is 4.79 Å². The summed E-state index contributed by atoms with van der Waals surface area (Å²) < 4.78 is 5.47. The van der Waals surface area contributed by atoms with E-state index in [0.29, 0.717) is 0 Å². The van der Waals surface area contributed by atoms with Gasteiger partial charge in [0.05, 0.1) is 5.69 Å². The summed E-state index contributed by atoms with van der Waals surface area (Å²) in [5.74, 6) is -0.375. The van der Waals surface area contributed by atoms with Crippen LogP contribution < -0.4 is 0 Å². The minimum atomic E-state index is -0.375. The van der Waals surface area contributed by atoms with E-state index in [4.69, 9.17) is 4.74 Å². The fourth-order valence-electron chi connectivity index (χ4n) is 3.37. The van der Waals surface area contributed by atoms with Gasteiger partial charge in [0.2, 0.25) is 0 Å². The molecule has 152 valence electrons. The average Bonchev–Trinajstić information content (AvgIpc) is 2.71. The van der Waals surface area contributed by atoms with E-state index in [-0.39, 0.29) is 12.1 Å². The Kier molecular flexibility index (Phi) is 14.3. The maximum Gasteiger partial charge on any atom is 0.330 e. The van der Waals surface area contributed by atoms with Crippen molar-refractivity contribution in [1.82, 2.24) is 4.98 Å². The molecule has 0 aromatic carbocycles. The lowest BCUT2D eigenvalue weighted by Gasteiger charge is -2.16. The highest BCUT2D eigenvalue weighted by Gasteiger charge is 2.16. The van der Waals surface area contributed by atoms with Crippen LogP contribution in [0, 0.1) is 0 Å². The Morgan fingerprint density at radius 3 is 2.00 bits per heavy atom. The molecule has 0 amide bonds. The minimum absolute atomic E-state index is 0.260. The Bertz CT molecular complexity index is 486. The number of ether oxygens (including phenoxy) is 1. The summed E-state index contributed by atoms with van der Waals surface area (Å²) in [4.78, 5) is 15.9. The van der Waals surface area contributed by atoms with Gasteiger partial charge in [-0.1, -0.05) is 96.6 Å². The minimum Gasteiger partial charge on any atom is -0.453 e. The number of rotatable bonds is 17. The van der Waals surface area contributed by atoms with Crippen molar-refractivity contribution in [2.45, 2.75) is 103 Å². The smallest absolute Gasteiger partial charge is 0.330 e. The number of carbonyl (C=O) groups excluding carboxylic acids is 1. The van der Waals surface area contributed by atoms with Gasteiger partial charge in [-0.3, -0.25) is 4.98 Å². The Labute approximate surface area is 166 Å². The number of nitrogens with zero attached hydrogens (tertiary/aromatic N) is 1. The number of carbonyl (C=O) groups is 1. The zero-order chi connectivity index (χ0) is 19.6. The van der Waals surface area contributed by atoms with Gasteiger partial charge in [0, 0.05) is 12.3 Å². The standard InChI is InChI=1S/C24H39NO2/c1-3-5-6-7-8-9-10-11-12-13-14-15-16-20-23(27-24(26)4-2)22-19-17-18-21-25-22/h4,17-19,21,23H,2-3,5-16,20H2,1H3. The van der Waals surface area contributed by atoms with Crippen LogP contribution in [0.2, 0.25) is 0 Å². The molecule has 1 aromatic heterocycles. The number of unbranched alkanes of at least 4 members (excludes halogenated alkanes) is 12. The van der Waals surface area contributed by atoms with Crippen LogP contribution in [0.3, 0.4) is 0 Å². The van der Waals surface area contributed by atoms with Gasteiger partial charge >= 0.3 is 5.97 Å². The number of aromatic nitrogens is 1. The van der Waals surface area contributed by atoms with Crippen molar-refractivity contribution in [3.05, 3.63) is 42.7 Å². The van der Waals surface area contributed by atoms with Crippen molar-refractivity contribution in [2.75, 3.05) is 0 Å². The lowest BCUT2D eigenvalue weighted by Crippen LogP contribution is -2.10. The van der Waals surface area contributed by atoms with E-state index >= 15 is 0 Å². The molecule has 1 heterocycles. The Morgan fingerprint density at radius 1 is 0.963 bits per heavy atom. The summed E-state index contributed by atoms with van der Waals surface area (Å²) in [5.41, 5.74) is 0.826. The highest BCUT2D eigenvalue weighted by molar-refractivity contribution is 5.81. The summed E-state index contributed by atoms with van der Waals surface area (Å²) in [7, 11) is 0. The molecule has 3 heteroatoms. The van der Waals surface area contributed by atoms with Crippen molar-refractivity contribution in [1.29, 1.82) is 0 Å². The third-order valence-electron chi connectivity index (χ3n) is 5.01. The molecule has 0 aliphatic heterocycles. The lowest BCUT2D eigenvalue weighted by atomic mass is 10.0. The molecule has 1 aromatic rings. The Balaban J connectivity index is 2.06. The third kappa shape index (κ3) is 12.4. The largest absolute Gasteiger partial charge is 0.453 e. The lowest BCUT2D eigenvalue weighted by molar-refractivity contribution is -0.144. The highest BCUT2D eigenvalue weighted by atomic mass is 16.5. The van der Waals surface area contributed by atoms with E-state index in [1.165, 1.54) is 83.1 Å². The van der Waals surface area contributed by atoms with Gasteiger partial charge in [-0.25, -0.2) is 4.79 Å². The van der Waals surface area contributed by atoms with Crippen molar-refractivity contribution < 1.29 is 9.53 Å². The molecule has 1 rings (SSSR count). The fourth-order valence-corrected chi connectivity index (χ4v) is 3.37. The van der Waals surface area contributed by atoms with E-state index in [0.717, 1.165) is 18.5 Å². The molecule has 3 nitrogen and oxygen atoms in total. The molecule has 0 aliphatic carbocycles. The maximum atomic E-state index is 11.6. The third-order valence-corrected chi connectivity index (χ3v) is 5.01. The fraction of sp³-hybridized carbons (Fsp3) is 0.667. The van der Waals surface area contributed by atoms with E-state index in [1.54, 1.807) is 6.20 Å². The summed E-state index contributed by atoms with van der Waals surface area (Å²) in [6, 6.07) is 5.73. The number of esters is 1. The summed E-state index contributed by atoms with van der Waals surface area (Å²) in [6.07, 6.45) is 20.9. The SMILES string of the molecule is C=CC(=O)OC(CCCCCCCCCCCCCCC)c1ccccn1. The Hall–Kier alpha value is -1.64. The molecule has 0 saturated heterocycles. The molecular weight excluding hydrogens is 334 g/mol. The molecule has 1 atom stereocenters. The first kappa shape index (κ1) is 23.4. The summed E-state index contributed by atoms with van der Waals surface area (Å²) >= 11 is 0. The second kappa shape index (κ2) is 16.5. The second-order valence-corrected chi connectivity index (χ2v) is 7.42. The molecule has 0 radical (unpaired) electrons. The summed E-state index contributed by atoms with van der Waals surface area (Å²) in [6.45, 7) is 5.75. The molecule has 0 bridgehead atoms. The van der Waals surface area contributed by atoms with Crippen LogP contribution in [0.1, 0.15) is 109 Å². The van der Waals surface area contributed by atoms with Crippen LogP contribution >= 0.6 is 0 Å². The second-order valence-electron chi connectivity index (χ2n) is 7.42. The molecule has 0 saturated carbocycles. The van der Waals surface area contributed by atoms with Crippen molar-refractivity contribution >= 4 is 5.97 Å². The van der Waals surface area contributed by atoms with Gasteiger partial charge in [-0.15, -0.1) is 0 Å². The maximum absolute atomic E-state index is 11.6. The van der Waals surface area contributed by atoms with E-state index in [1.807, 2.05) is 18.2 Å². The van der Waals surface area contributed by atoms with Gasteiger partial charge < -0.3 is 4.74 Å².